The SMILES string of the molecule is CC1NCCC(C)(C)N(c2ccccc2C#N)C1=O. The molecule has 1 amide bonds. The van der Waals surface area contributed by atoms with Crippen molar-refractivity contribution in [1.82, 2.24) is 5.32 Å². The van der Waals surface area contributed by atoms with Crippen LogP contribution in [0.5, 0.6) is 0 Å². The molecule has 1 heterocycles. The fourth-order valence-electron chi connectivity index (χ4n) is 2.49. The first-order valence-corrected chi connectivity index (χ1v) is 6.54. The largest absolute Gasteiger partial charge is 0.306 e. The highest BCUT2D eigenvalue weighted by molar-refractivity contribution is 5.99. The average molecular weight is 257 g/mol. The molecule has 100 valence electrons. The number of benzene rings is 1. The van der Waals surface area contributed by atoms with Gasteiger partial charge in [-0.15, -0.1) is 0 Å². The third-order valence-corrected chi connectivity index (χ3v) is 3.65. The van der Waals surface area contributed by atoms with E-state index in [0.717, 1.165) is 13.0 Å². The Labute approximate surface area is 114 Å². The molecule has 1 saturated heterocycles. The van der Waals surface area contributed by atoms with E-state index in [1.807, 2.05) is 39.0 Å². The summed E-state index contributed by atoms with van der Waals surface area (Å²) in [7, 11) is 0. The zero-order valence-corrected chi connectivity index (χ0v) is 11.6. The second-order valence-electron chi connectivity index (χ2n) is 5.54. The van der Waals surface area contributed by atoms with Crippen LogP contribution in [0.25, 0.3) is 0 Å². The first-order valence-electron chi connectivity index (χ1n) is 6.54. The number of amides is 1. The summed E-state index contributed by atoms with van der Waals surface area (Å²) in [6.45, 7) is 6.74. The summed E-state index contributed by atoms with van der Waals surface area (Å²) < 4.78 is 0. The topological polar surface area (TPSA) is 56.1 Å². The molecule has 4 nitrogen and oxygen atoms in total. The van der Waals surface area contributed by atoms with Crippen LogP contribution in [0.15, 0.2) is 24.3 Å². The summed E-state index contributed by atoms with van der Waals surface area (Å²) in [5, 5.41) is 12.5. The van der Waals surface area contributed by atoms with Crippen LogP contribution in [0.1, 0.15) is 32.8 Å². The molecule has 1 fully saturated rings. The second-order valence-corrected chi connectivity index (χ2v) is 5.54. The van der Waals surface area contributed by atoms with Gasteiger partial charge in [0.15, 0.2) is 0 Å². The Hall–Kier alpha value is -1.86. The lowest BCUT2D eigenvalue weighted by molar-refractivity contribution is -0.120. The van der Waals surface area contributed by atoms with E-state index in [0.29, 0.717) is 11.3 Å². The number of hydrogen-bond acceptors (Lipinski definition) is 3. The Morgan fingerprint density at radius 1 is 1.42 bits per heavy atom. The first kappa shape index (κ1) is 13.6. The van der Waals surface area contributed by atoms with Crippen LogP contribution < -0.4 is 10.2 Å². The number of hydrogen-bond donors (Lipinski definition) is 1. The summed E-state index contributed by atoms with van der Waals surface area (Å²) in [6.07, 6.45) is 0.850. The molecule has 1 aromatic rings. The van der Waals surface area contributed by atoms with Crippen LogP contribution in [0, 0.1) is 11.3 Å². The maximum Gasteiger partial charge on any atom is 0.244 e. The van der Waals surface area contributed by atoms with Crippen molar-refractivity contribution in [3.8, 4) is 6.07 Å². The number of nitrogens with one attached hydrogen (secondary N) is 1. The van der Waals surface area contributed by atoms with E-state index in [1.54, 1.807) is 11.0 Å². The lowest BCUT2D eigenvalue weighted by Gasteiger charge is -2.38. The maximum absolute atomic E-state index is 12.6. The summed E-state index contributed by atoms with van der Waals surface area (Å²) in [6, 6.07) is 9.22. The highest BCUT2D eigenvalue weighted by Gasteiger charge is 2.37. The predicted molar refractivity (Wildman–Crippen MR) is 74.8 cm³/mol. The monoisotopic (exact) mass is 257 g/mol. The molecule has 0 radical (unpaired) electrons. The van der Waals surface area contributed by atoms with Crippen LogP contribution in [-0.4, -0.2) is 24.0 Å². The van der Waals surface area contributed by atoms with Crippen LogP contribution in [0.4, 0.5) is 5.69 Å². The van der Waals surface area contributed by atoms with Crippen molar-refractivity contribution in [2.75, 3.05) is 11.4 Å². The molecule has 1 aliphatic rings. The standard InChI is InChI=1S/C15H19N3O/c1-11-14(19)18(15(2,3)8-9-17-11)13-7-5-4-6-12(13)10-16/h4-7,11,17H,8-9H2,1-3H3. The van der Waals surface area contributed by atoms with Crippen molar-refractivity contribution in [3.63, 3.8) is 0 Å². The van der Waals surface area contributed by atoms with Gasteiger partial charge in [0.25, 0.3) is 0 Å². The van der Waals surface area contributed by atoms with E-state index in [9.17, 15) is 10.1 Å². The zero-order valence-electron chi connectivity index (χ0n) is 11.6. The molecular formula is C15H19N3O. The number of para-hydroxylation sites is 1. The van der Waals surface area contributed by atoms with Crippen molar-refractivity contribution in [1.29, 1.82) is 5.26 Å². The molecule has 1 atom stereocenters. The zero-order chi connectivity index (χ0) is 14.0. The molecule has 1 aromatic carbocycles. The third kappa shape index (κ3) is 2.47. The highest BCUT2D eigenvalue weighted by Crippen LogP contribution is 2.31. The predicted octanol–water partition coefficient (Wildman–Crippen LogP) is 2.05. The van der Waals surface area contributed by atoms with Crippen LogP contribution in [0.3, 0.4) is 0 Å². The lowest BCUT2D eigenvalue weighted by atomic mass is 9.96. The Balaban J connectivity index is 2.55. The summed E-state index contributed by atoms with van der Waals surface area (Å²) in [5.41, 5.74) is 0.940. The van der Waals surface area contributed by atoms with E-state index < -0.39 is 0 Å². The Morgan fingerprint density at radius 2 is 2.11 bits per heavy atom. The molecular weight excluding hydrogens is 238 g/mol. The third-order valence-electron chi connectivity index (χ3n) is 3.65. The number of nitrogens with zero attached hydrogens (tertiary/aromatic N) is 2. The molecule has 0 bridgehead atoms. The van der Waals surface area contributed by atoms with E-state index in [2.05, 4.69) is 11.4 Å². The van der Waals surface area contributed by atoms with Crippen molar-refractivity contribution in [3.05, 3.63) is 29.8 Å². The van der Waals surface area contributed by atoms with Gasteiger partial charge in [-0.1, -0.05) is 12.1 Å². The fourth-order valence-corrected chi connectivity index (χ4v) is 2.49. The molecule has 0 spiro atoms. The summed E-state index contributed by atoms with van der Waals surface area (Å²) >= 11 is 0. The van der Waals surface area contributed by atoms with Crippen molar-refractivity contribution in [2.24, 2.45) is 0 Å². The Bertz CT molecular complexity index is 530. The lowest BCUT2D eigenvalue weighted by Crippen LogP contribution is -2.51. The van der Waals surface area contributed by atoms with Crippen molar-refractivity contribution in [2.45, 2.75) is 38.8 Å². The minimum Gasteiger partial charge on any atom is -0.306 e. The quantitative estimate of drug-likeness (QED) is 0.837. The molecule has 1 N–H and O–H groups in total. The van der Waals surface area contributed by atoms with Crippen LogP contribution in [-0.2, 0) is 4.79 Å². The van der Waals surface area contributed by atoms with Gasteiger partial charge in [0.1, 0.15) is 6.07 Å². The van der Waals surface area contributed by atoms with Gasteiger partial charge in [0, 0.05) is 5.54 Å². The molecule has 2 rings (SSSR count). The van der Waals surface area contributed by atoms with E-state index >= 15 is 0 Å². The molecule has 1 unspecified atom stereocenters. The Morgan fingerprint density at radius 3 is 2.79 bits per heavy atom. The highest BCUT2D eigenvalue weighted by atomic mass is 16.2. The molecule has 0 aromatic heterocycles. The summed E-state index contributed by atoms with van der Waals surface area (Å²) in [5.74, 6) is 0.0187. The Kier molecular flexibility index (Phi) is 3.59. The van der Waals surface area contributed by atoms with Gasteiger partial charge in [-0.2, -0.15) is 5.26 Å². The summed E-state index contributed by atoms with van der Waals surface area (Å²) in [4.78, 5) is 14.4. The van der Waals surface area contributed by atoms with Crippen molar-refractivity contribution < 1.29 is 4.79 Å². The minimum absolute atomic E-state index is 0.0187. The number of nitriles is 1. The molecule has 4 heteroatoms. The van der Waals surface area contributed by atoms with Gasteiger partial charge in [-0.3, -0.25) is 4.79 Å². The van der Waals surface area contributed by atoms with Crippen LogP contribution >= 0.6 is 0 Å². The number of rotatable bonds is 1. The number of carbonyl (C=O) groups is 1. The van der Waals surface area contributed by atoms with Gasteiger partial charge in [-0.05, 0) is 45.9 Å². The van der Waals surface area contributed by atoms with Gasteiger partial charge < -0.3 is 10.2 Å². The molecule has 0 aliphatic carbocycles. The van der Waals surface area contributed by atoms with Gasteiger partial charge >= 0.3 is 0 Å². The van der Waals surface area contributed by atoms with Gasteiger partial charge in [0.05, 0.1) is 17.3 Å². The van der Waals surface area contributed by atoms with E-state index in [1.165, 1.54) is 0 Å². The number of anilines is 1. The minimum atomic E-state index is -0.304. The van der Waals surface area contributed by atoms with E-state index in [-0.39, 0.29) is 17.5 Å². The van der Waals surface area contributed by atoms with Crippen LogP contribution in [0.2, 0.25) is 0 Å². The average Bonchev–Trinajstić information content (AvgIpc) is 2.47. The number of carbonyl (C=O) groups excluding carboxylic acids is 1. The molecule has 1 aliphatic heterocycles. The second kappa shape index (κ2) is 5.02. The van der Waals surface area contributed by atoms with Gasteiger partial charge in [0.2, 0.25) is 5.91 Å². The molecule has 19 heavy (non-hydrogen) atoms. The maximum atomic E-state index is 12.6. The smallest absolute Gasteiger partial charge is 0.244 e. The van der Waals surface area contributed by atoms with Crippen molar-refractivity contribution >= 4 is 11.6 Å². The van der Waals surface area contributed by atoms with E-state index in [4.69, 9.17) is 0 Å². The fraction of sp³-hybridized carbons (Fsp3) is 0.467. The first-order chi connectivity index (χ1) is 8.97. The normalized spacial score (nSPS) is 22.7. The molecule has 0 saturated carbocycles. The van der Waals surface area contributed by atoms with Gasteiger partial charge in [-0.25, -0.2) is 0 Å².